The molecule has 0 aliphatic heterocycles. The number of rotatable bonds is 5. The van der Waals surface area contributed by atoms with Crippen LogP contribution in [0.15, 0.2) is 24.3 Å². The Hall–Kier alpha value is -2.00. The van der Waals surface area contributed by atoms with Gasteiger partial charge in [-0.1, -0.05) is 12.1 Å². The highest BCUT2D eigenvalue weighted by atomic mass is 32.2. The van der Waals surface area contributed by atoms with E-state index in [1.807, 2.05) is 0 Å². The van der Waals surface area contributed by atoms with Crippen LogP contribution >= 0.6 is 0 Å². The van der Waals surface area contributed by atoms with Gasteiger partial charge in [0.2, 0.25) is 0 Å². The molecule has 0 aromatic heterocycles. The number of non-ortho nitro benzene ring substituents is 1. The van der Waals surface area contributed by atoms with Crippen LogP contribution in [-0.4, -0.2) is 30.1 Å². The Morgan fingerprint density at radius 2 is 1.70 bits per heavy atom. The molecule has 0 bridgehead atoms. The highest BCUT2D eigenvalue weighted by Gasteiger charge is 2.03. The number of carboxylic acid groups (broad SMARTS) is 1. The third kappa shape index (κ3) is 11.1. The molecule has 0 radical (unpaired) electrons. The van der Waals surface area contributed by atoms with E-state index in [9.17, 15) is 20.0 Å². The molecule has 0 amide bonds. The molecule has 0 unspecified atom stereocenters. The maximum atomic E-state index is 10.3. The van der Waals surface area contributed by atoms with E-state index in [2.05, 4.69) is 0 Å². The molecule has 0 heterocycles. The number of carbonyl (C=O) groups is 1. The van der Waals surface area contributed by atoms with Gasteiger partial charge < -0.3 is 14.5 Å². The Balaban J connectivity index is 0.000000621. The van der Waals surface area contributed by atoms with Gasteiger partial charge in [0, 0.05) is 24.4 Å². The topological polar surface area (TPSA) is 140 Å². The Morgan fingerprint density at radius 1 is 1.25 bits per heavy atom. The molecule has 0 atom stereocenters. The molecule has 20 heavy (non-hydrogen) atoms. The summed E-state index contributed by atoms with van der Waals surface area (Å²) in [5.74, 6) is -1.07. The van der Waals surface area contributed by atoms with Gasteiger partial charge in [0.05, 0.1) is 15.0 Å². The maximum Gasteiger partial charge on any atom is 0.269 e. The van der Waals surface area contributed by atoms with Gasteiger partial charge in [0.25, 0.3) is 5.69 Å². The molecule has 0 aliphatic rings. The fourth-order valence-electron chi connectivity index (χ4n) is 1.22. The molecule has 0 spiro atoms. The van der Waals surface area contributed by atoms with Crippen LogP contribution < -0.4 is 5.11 Å². The third-order valence-electron chi connectivity index (χ3n) is 1.99. The maximum absolute atomic E-state index is 10.3. The van der Waals surface area contributed by atoms with Gasteiger partial charge in [-0.05, 0) is 24.8 Å². The van der Waals surface area contributed by atoms with Crippen molar-refractivity contribution in [2.45, 2.75) is 19.3 Å². The molecule has 9 heteroatoms. The van der Waals surface area contributed by atoms with Crippen LogP contribution in [0.3, 0.4) is 0 Å². The molecule has 112 valence electrons. The molecule has 1 rings (SSSR count). The summed E-state index contributed by atoms with van der Waals surface area (Å²) in [6.07, 6.45) is 1.69. The minimum atomic E-state index is -3.92. The minimum absolute atomic E-state index is 0.0109. The largest absolute Gasteiger partial charge is 0.748 e. The molecule has 0 N–H and O–H groups in total. The fraction of sp³-hybridized carbons (Fsp3) is 0.364. The van der Waals surface area contributed by atoms with E-state index in [-0.39, 0.29) is 12.1 Å². The minimum Gasteiger partial charge on any atom is -0.748 e. The van der Waals surface area contributed by atoms with Crippen LogP contribution in [0.25, 0.3) is 0 Å². The zero-order valence-electron chi connectivity index (χ0n) is 10.6. The number of hydrogen-bond donors (Lipinski definition) is 0. The van der Waals surface area contributed by atoms with Gasteiger partial charge in [-0.3, -0.25) is 10.1 Å². The van der Waals surface area contributed by atoms with Crippen LogP contribution in [-0.2, 0) is 21.3 Å². The number of aryl methyl sites for hydroxylation is 1. The molecule has 8 nitrogen and oxygen atoms in total. The number of carbonyl (C=O) groups excluding carboxylic acids is 1. The molecule has 0 aliphatic carbocycles. The smallest absolute Gasteiger partial charge is 0.269 e. The zero-order valence-corrected chi connectivity index (χ0v) is 11.5. The molecule has 0 saturated heterocycles. The van der Waals surface area contributed by atoms with Gasteiger partial charge in [-0.15, -0.1) is 0 Å². The SMILES string of the molecule is CS(=O)(=O)[O-].O=C([O-])CCCc1ccc([N+](=O)[O-])cc1. The summed E-state index contributed by atoms with van der Waals surface area (Å²) in [6.45, 7) is 0. The van der Waals surface area contributed by atoms with Crippen molar-refractivity contribution in [1.29, 1.82) is 0 Å². The van der Waals surface area contributed by atoms with E-state index in [1.165, 1.54) is 12.1 Å². The van der Waals surface area contributed by atoms with Crippen LogP contribution in [0.5, 0.6) is 0 Å². The van der Waals surface area contributed by atoms with Crippen LogP contribution in [0.1, 0.15) is 18.4 Å². The zero-order chi connectivity index (χ0) is 15.8. The van der Waals surface area contributed by atoms with Gasteiger partial charge in [0.15, 0.2) is 0 Å². The lowest BCUT2D eigenvalue weighted by atomic mass is 10.1. The third-order valence-corrected chi connectivity index (χ3v) is 1.99. The average molecular weight is 303 g/mol. The fourth-order valence-corrected chi connectivity index (χ4v) is 1.22. The van der Waals surface area contributed by atoms with Crippen LogP contribution in [0, 0.1) is 10.1 Å². The molecule has 0 saturated carbocycles. The molecule has 1 aromatic carbocycles. The summed E-state index contributed by atoms with van der Waals surface area (Å²) >= 11 is 0. The average Bonchev–Trinajstić information content (AvgIpc) is 2.27. The second-order valence-corrected chi connectivity index (χ2v) is 5.26. The second kappa shape index (κ2) is 8.23. The van der Waals surface area contributed by atoms with Gasteiger partial charge >= 0.3 is 0 Å². The van der Waals surface area contributed by atoms with Gasteiger partial charge in [-0.2, -0.15) is 0 Å². The number of nitro benzene ring substituents is 1. The van der Waals surface area contributed by atoms with Crippen molar-refractivity contribution in [2.75, 3.05) is 6.26 Å². The first-order valence-corrected chi connectivity index (χ1v) is 7.25. The Kier molecular flexibility index (Phi) is 7.40. The lowest BCUT2D eigenvalue weighted by Gasteiger charge is -2.02. The lowest BCUT2D eigenvalue weighted by Crippen LogP contribution is -2.21. The van der Waals surface area contributed by atoms with Crippen LogP contribution in [0.2, 0.25) is 0 Å². The number of carboxylic acids is 1. The van der Waals surface area contributed by atoms with Crippen molar-refractivity contribution in [3.8, 4) is 0 Å². The first-order valence-electron chi connectivity index (χ1n) is 5.43. The normalized spacial score (nSPS) is 10.3. The first-order chi connectivity index (χ1) is 9.09. The molecule has 0 fully saturated rings. The summed E-state index contributed by atoms with van der Waals surface area (Å²) in [7, 11) is -3.92. The summed E-state index contributed by atoms with van der Waals surface area (Å²) in [4.78, 5) is 20.0. The van der Waals surface area contributed by atoms with Crippen molar-refractivity contribution in [1.82, 2.24) is 0 Å². The van der Waals surface area contributed by atoms with E-state index < -0.39 is 21.0 Å². The highest BCUT2D eigenvalue weighted by Crippen LogP contribution is 2.13. The predicted molar refractivity (Wildman–Crippen MR) is 66.7 cm³/mol. The lowest BCUT2D eigenvalue weighted by molar-refractivity contribution is -0.384. The number of nitro groups is 1. The van der Waals surface area contributed by atoms with E-state index >= 15 is 0 Å². The van der Waals surface area contributed by atoms with Crippen molar-refractivity contribution < 1.29 is 27.8 Å². The first kappa shape index (κ1) is 18.0. The van der Waals surface area contributed by atoms with Crippen molar-refractivity contribution in [2.24, 2.45) is 0 Å². The number of hydrogen-bond acceptors (Lipinski definition) is 7. The highest BCUT2D eigenvalue weighted by molar-refractivity contribution is 7.84. The van der Waals surface area contributed by atoms with E-state index in [0.29, 0.717) is 19.1 Å². The standard InChI is InChI=1S/C10H11NO4.CH4O3S/c12-10(13)3-1-2-8-4-6-9(7-5-8)11(14)15;1-5(2,3)4/h4-7H,1-3H2,(H,12,13);1H3,(H,2,3,4)/p-2. The van der Waals surface area contributed by atoms with Crippen molar-refractivity contribution in [3.05, 3.63) is 39.9 Å². The summed E-state index contributed by atoms with van der Waals surface area (Å²) in [5.41, 5.74) is 0.931. The number of aliphatic carboxylic acids is 1. The quantitative estimate of drug-likeness (QED) is 0.417. The Morgan fingerprint density at radius 3 is 2.05 bits per heavy atom. The molecule has 1 aromatic rings. The van der Waals surface area contributed by atoms with E-state index in [0.717, 1.165) is 5.56 Å². The van der Waals surface area contributed by atoms with E-state index in [4.69, 9.17) is 13.0 Å². The summed E-state index contributed by atoms with van der Waals surface area (Å²) < 4.78 is 27.2. The summed E-state index contributed by atoms with van der Waals surface area (Å²) in [6, 6.07) is 6.09. The molecular formula is C11H13NO7S-2. The Bertz CT molecular complexity index is 543. The number of nitrogens with zero attached hydrogens (tertiary/aromatic N) is 1. The van der Waals surface area contributed by atoms with Crippen molar-refractivity contribution >= 4 is 21.8 Å². The van der Waals surface area contributed by atoms with Crippen LogP contribution in [0.4, 0.5) is 5.69 Å². The van der Waals surface area contributed by atoms with Gasteiger partial charge in [-0.25, -0.2) is 8.42 Å². The summed E-state index contributed by atoms with van der Waals surface area (Å²) in [5, 5.41) is 20.5. The van der Waals surface area contributed by atoms with E-state index in [1.54, 1.807) is 12.1 Å². The Labute approximate surface area is 115 Å². The number of benzene rings is 1. The van der Waals surface area contributed by atoms with Gasteiger partial charge in [0.1, 0.15) is 0 Å². The monoisotopic (exact) mass is 303 g/mol. The predicted octanol–water partition coefficient (Wildman–Crippen LogP) is -0.171. The molecular weight excluding hydrogens is 290 g/mol. The van der Waals surface area contributed by atoms with Crippen molar-refractivity contribution in [3.63, 3.8) is 0 Å². The second-order valence-electron chi connectivity index (χ2n) is 3.85.